The van der Waals surface area contributed by atoms with Gasteiger partial charge in [-0.05, 0) is 37.5 Å². The van der Waals surface area contributed by atoms with Crippen LogP contribution in [0.15, 0.2) is 46.9 Å². The standard InChI is InChI=1S/C20H27N3O2/c1-15-12-17(10-11-23(15)14-16-6-4-3-5-7-16)22(2)20(24)19-9-8-18(13-21)25-19/h3-9,15,17H,10-14,21H2,1-2H3/t15-,17-/m0/s1. The van der Waals surface area contributed by atoms with Crippen LogP contribution in [0, 0.1) is 0 Å². The Balaban J connectivity index is 1.59. The van der Waals surface area contributed by atoms with Gasteiger partial charge in [-0.2, -0.15) is 0 Å². The Morgan fingerprint density at radius 2 is 2.04 bits per heavy atom. The Kier molecular flexibility index (Phi) is 5.56. The molecule has 5 heteroatoms. The van der Waals surface area contributed by atoms with Crippen molar-refractivity contribution in [2.24, 2.45) is 5.73 Å². The summed E-state index contributed by atoms with van der Waals surface area (Å²) in [6.07, 6.45) is 1.95. The van der Waals surface area contributed by atoms with Gasteiger partial charge in [0.1, 0.15) is 5.76 Å². The van der Waals surface area contributed by atoms with E-state index in [4.69, 9.17) is 10.2 Å². The van der Waals surface area contributed by atoms with Gasteiger partial charge in [0.2, 0.25) is 0 Å². The van der Waals surface area contributed by atoms with E-state index in [0.29, 0.717) is 24.1 Å². The van der Waals surface area contributed by atoms with Gasteiger partial charge in [0.15, 0.2) is 5.76 Å². The van der Waals surface area contributed by atoms with Gasteiger partial charge in [-0.1, -0.05) is 30.3 Å². The topological polar surface area (TPSA) is 62.7 Å². The van der Waals surface area contributed by atoms with Gasteiger partial charge in [-0.3, -0.25) is 9.69 Å². The molecule has 1 aliphatic heterocycles. The van der Waals surface area contributed by atoms with Gasteiger partial charge in [0.25, 0.3) is 5.91 Å². The van der Waals surface area contributed by atoms with Gasteiger partial charge < -0.3 is 15.1 Å². The van der Waals surface area contributed by atoms with Crippen LogP contribution in [0.1, 0.15) is 41.6 Å². The van der Waals surface area contributed by atoms with Gasteiger partial charge >= 0.3 is 0 Å². The van der Waals surface area contributed by atoms with Crippen molar-refractivity contribution >= 4 is 5.91 Å². The number of benzene rings is 1. The fraction of sp³-hybridized carbons (Fsp3) is 0.450. The van der Waals surface area contributed by atoms with E-state index in [0.717, 1.165) is 25.9 Å². The third kappa shape index (κ3) is 4.11. The van der Waals surface area contributed by atoms with E-state index >= 15 is 0 Å². The van der Waals surface area contributed by atoms with E-state index in [-0.39, 0.29) is 11.9 Å². The van der Waals surface area contributed by atoms with Crippen molar-refractivity contribution in [1.29, 1.82) is 0 Å². The van der Waals surface area contributed by atoms with E-state index in [1.165, 1.54) is 5.56 Å². The zero-order valence-corrected chi connectivity index (χ0v) is 15.0. The van der Waals surface area contributed by atoms with E-state index in [9.17, 15) is 4.79 Å². The van der Waals surface area contributed by atoms with E-state index in [2.05, 4.69) is 36.1 Å². The first kappa shape index (κ1) is 17.7. The van der Waals surface area contributed by atoms with E-state index < -0.39 is 0 Å². The molecule has 1 amide bonds. The highest BCUT2D eigenvalue weighted by molar-refractivity contribution is 5.91. The highest BCUT2D eigenvalue weighted by Crippen LogP contribution is 2.24. The second kappa shape index (κ2) is 7.85. The molecule has 0 aliphatic carbocycles. The third-order valence-corrected chi connectivity index (χ3v) is 5.16. The Morgan fingerprint density at radius 1 is 1.28 bits per heavy atom. The first-order valence-corrected chi connectivity index (χ1v) is 8.92. The van der Waals surface area contributed by atoms with Crippen LogP contribution in [0.4, 0.5) is 0 Å². The van der Waals surface area contributed by atoms with Crippen molar-refractivity contribution in [2.75, 3.05) is 13.6 Å². The number of amides is 1. The molecular weight excluding hydrogens is 314 g/mol. The van der Waals surface area contributed by atoms with Crippen molar-refractivity contribution in [3.63, 3.8) is 0 Å². The quantitative estimate of drug-likeness (QED) is 0.908. The smallest absolute Gasteiger partial charge is 0.289 e. The second-order valence-corrected chi connectivity index (χ2v) is 6.87. The van der Waals surface area contributed by atoms with Crippen molar-refractivity contribution in [1.82, 2.24) is 9.80 Å². The van der Waals surface area contributed by atoms with Crippen LogP contribution < -0.4 is 5.73 Å². The zero-order valence-electron chi connectivity index (χ0n) is 15.0. The molecule has 0 bridgehead atoms. The molecule has 25 heavy (non-hydrogen) atoms. The molecule has 0 saturated carbocycles. The maximum atomic E-state index is 12.6. The molecule has 5 nitrogen and oxygen atoms in total. The molecule has 134 valence electrons. The van der Waals surface area contributed by atoms with Crippen LogP contribution in [0.3, 0.4) is 0 Å². The minimum Gasteiger partial charge on any atom is -0.455 e. The lowest BCUT2D eigenvalue weighted by Crippen LogP contribution is -2.49. The summed E-state index contributed by atoms with van der Waals surface area (Å²) in [6.45, 7) is 4.51. The van der Waals surface area contributed by atoms with Crippen LogP contribution in [0.25, 0.3) is 0 Å². The van der Waals surface area contributed by atoms with Crippen LogP contribution in [0.2, 0.25) is 0 Å². The first-order valence-electron chi connectivity index (χ1n) is 8.92. The summed E-state index contributed by atoms with van der Waals surface area (Å²) < 4.78 is 5.51. The summed E-state index contributed by atoms with van der Waals surface area (Å²) in [5, 5.41) is 0. The lowest BCUT2D eigenvalue weighted by Gasteiger charge is -2.41. The monoisotopic (exact) mass is 341 g/mol. The van der Waals surface area contributed by atoms with E-state index in [1.54, 1.807) is 12.1 Å². The second-order valence-electron chi connectivity index (χ2n) is 6.87. The maximum absolute atomic E-state index is 12.6. The van der Waals surface area contributed by atoms with Crippen LogP contribution >= 0.6 is 0 Å². The summed E-state index contributed by atoms with van der Waals surface area (Å²) in [5.74, 6) is 0.957. The SMILES string of the molecule is C[C@H]1C[C@@H](N(C)C(=O)c2ccc(CN)o2)CCN1Cc1ccccc1. The predicted molar refractivity (Wildman–Crippen MR) is 98.0 cm³/mol. The lowest BCUT2D eigenvalue weighted by molar-refractivity contribution is 0.0511. The third-order valence-electron chi connectivity index (χ3n) is 5.16. The zero-order chi connectivity index (χ0) is 17.8. The highest BCUT2D eigenvalue weighted by atomic mass is 16.4. The molecule has 2 aromatic rings. The Hall–Kier alpha value is -2.11. The number of nitrogens with two attached hydrogens (primary N) is 1. The summed E-state index contributed by atoms with van der Waals surface area (Å²) in [6, 6.07) is 14.7. The number of carbonyl (C=O) groups excluding carboxylic acids is 1. The molecule has 1 saturated heterocycles. The number of nitrogens with zero attached hydrogens (tertiary/aromatic N) is 2. The van der Waals surface area contributed by atoms with Crippen molar-refractivity contribution in [3.05, 3.63) is 59.5 Å². The van der Waals surface area contributed by atoms with Crippen molar-refractivity contribution in [3.8, 4) is 0 Å². The normalized spacial score (nSPS) is 21.2. The summed E-state index contributed by atoms with van der Waals surface area (Å²) >= 11 is 0. The average Bonchev–Trinajstić information content (AvgIpc) is 3.12. The molecular formula is C20H27N3O2. The molecule has 2 heterocycles. The molecule has 2 N–H and O–H groups in total. The fourth-order valence-corrected chi connectivity index (χ4v) is 3.54. The number of likely N-dealkylation sites (tertiary alicyclic amines) is 1. The lowest BCUT2D eigenvalue weighted by atomic mass is 9.96. The molecule has 3 rings (SSSR count). The number of rotatable bonds is 5. The highest BCUT2D eigenvalue weighted by Gasteiger charge is 2.31. The number of hydrogen-bond donors (Lipinski definition) is 1. The van der Waals surface area contributed by atoms with Crippen molar-refractivity contribution < 1.29 is 9.21 Å². The van der Waals surface area contributed by atoms with Crippen LogP contribution in [-0.4, -0.2) is 41.4 Å². The Labute approximate surface area is 149 Å². The molecule has 0 unspecified atom stereocenters. The Bertz CT molecular complexity index is 698. The molecule has 1 aromatic carbocycles. The minimum atomic E-state index is -0.0617. The van der Waals surface area contributed by atoms with Gasteiger partial charge in [0, 0.05) is 32.2 Å². The van der Waals surface area contributed by atoms with Crippen LogP contribution in [-0.2, 0) is 13.1 Å². The molecule has 0 radical (unpaired) electrons. The number of furan rings is 1. The van der Waals surface area contributed by atoms with Gasteiger partial charge in [-0.25, -0.2) is 0 Å². The van der Waals surface area contributed by atoms with Gasteiger partial charge in [0.05, 0.1) is 6.54 Å². The van der Waals surface area contributed by atoms with Gasteiger partial charge in [-0.15, -0.1) is 0 Å². The van der Waals surface area contributed by atoms with E-state index in [1.807, 2.05) is 18.0 Å². The first-order chi connectivity index (χ1) is 12.1. The number of piperidine rings is 1. The fourth-order valence-electron chi connectivity index (χ4n) is 3.54. The molecule has 1 aromatic heterocycles. The predicted octanol–water partition coefficient (Wildman–Crippen LogP) is 2.86. The maximum Gasteiger partial charge on any atom is 0.289 e. The molecule has 0 spiro atoms. The largest absolute Gasteiger partial charge is 0.455 e. The molecule has 2 atom stereocenters. The Morgan fingerprint density at radius 3 is 2.68 bits per heavy atom. The minimum absolute atomic E-state index is 0.0617. The summed E-state index contributed by atoms with van der Waals surface area (Å²) in [4.78, 5) is 16.9. The molecule has 1 fully saturated rings. The number of hydrogen-bond acceptors (Lipinski definition) is 4. The summed E-state index contributed by atoms with van der Waals surface area (Å²) in [7, 11) is 1.87. The summed E-state index contributed by atoms with van der Waals surface area (Å²) in [5.41, 5.74) is 6.89. The molecule has 1 aliphatic rings. The average molecular weight is 341 g/mol. The number of carbonyl (C=O) groups is 1. The van der Waals surface area contributed by atoms with Crippen LogP contribution in [0.5, 0.6) is 0 Å². The van der Waals surface area contributed by atoms with Crippen molar-refractivity contribution in [2.45, 2.75) is 44.9 Å².